The van der Waals surface area contributed by atoms with E-state index in [-0.39, 0.29) is 18.0 Å². The predicted octanol–water partition coefficient (Wildman–Crippen LogP) is -1.29. The van der Waals surface area contributed by atoms with Gasteiger partial charge in [-0.3, -0.25) is 4.79 Å². The summed E-state index contributed by atoms with van der Waals surface area (Å²) in [6.45, 7) is 1.15. The minimum absolute atomic E-state index is 0.128. The van der Waals surface area contributed by atoms with Gasteiger partial charge in [0.2, 0.25) is 11.7 Å². The van der Waals surface area contributed by atoms with E-state index in [4.69, 9.17) is 5.11 Å². The lowest BCUT2D eigenvalue weighted by molar-refractivity contribution is -0.119. The van der Waals surface area contributed by atoms with Crippen molar-refractivity contribution in [2.24, 2.45) is 0 Å². The fraction of sp³-hybridized carbons (Fsp3) is 0.400. The van der Waals surface area contributed by atoms with E-state index in [9.17, 15) is 19.8 Å². The highest BCUT2D eigenvalue weighted by molar-refractivity contribution is 5.82. The van der Waals surface area contributed by atoms with E-state index in [0.717, 1.165) is 12.4 Å². The van der Waals surface area contributed by atoms with Crippen LogP contribution in [-0.4, -0.2) is 49.8 Å². The molecule has 2 atom stereocenters. The van der Waals surface area contributed by atoms with Crippen LogP contribution in [-0.2, 0) is 4.79 Å². The Bertz CT molecular complexity index is 434. The van der Waals surface area contributed by atoms with Gasteiger partial charge in [-0.2, -0.15) is 0 Å². The summed E-state index contributed by atoms with van der Waals surface area (Å²) < 4.78 is 0. The number of carboxylic acid groups (broad SMARTS) is 1. The molecule has 0 fully saturated rings. The Morgan fingerprint density at radius 3 is 2.33 bits per heavy atom. The zero-order valence-corrected chi connectivity index (χ0v) is 9.57. The fourth-order valence-corrected chi connectivity index (χ4v) is 1.18. The van der Waals surface area contributed by atoms with Gasteiger partial charge in [-0.25, -0.2) is 14.8 Å². The van der Waals surface area contributed by atoms with Gasteiger partial charge in [0.05, 0.1) is 0 Å². The second-order valence-corrected chi connectivity index (χ2v) is 3.59. The minimum Gasteiger partial charge on any atom is -0.475 e. The molecule has 0 aliphatic rings. The van der Waals surface area contributed by atoms with Gasteiger partial charge in [-0.05, 0) is 0 Å². The van der Waals surface area contributed by atoms with Crippen molar-refractivity contribution in [2.75, 3.05) is 6.54 Å². The van der Waals surface area contributed by atoms with Crippen molar-refractivity contribution in [3.63, 3.8) is 0 Å². The van der Waals surface area contributed by atoms with Gasteiger partial charge in [-0.1, -0.05) is 0 Å². The number of aromatic nitrogens is 2. The number of amides is 1. The molecule has 1 aromatic heterocycles. The van der Waals surface area contributed by atoms with Crippen LogP contribution in [0, 0.1) is 0 Å². The smallest absolute Gasteiger partial charge is 0.373 e. The molecule has 0 aliphatic carbocycles. The average molecular weight is 255 g/mol. The van der Waals surface area contributed by atoms with Crippen molar-refractivity contribution in [2.45, 2.75) is 19.1 Å². The van der Waals surface area contributed by atoms with E-state index in [2.05, 4.69) is 15.3 Å². The van der Waals surface area contributed by atoms with Gasteiger partial charge in [0.25, 0.3) is 0 Å². The van der Waals surface area contributed by atoms with Crippen LogP contribution in [0.1, 0.15) is 29.2 Å². The van der Waals surface area contributed by atoms with Gasteiger partial charge in [0, 0.05) is 31.4 Å². The van der Waals surface area contributed by atoms with E-state index < -0.39 is 24.0 Å². The van der Waals surface area contributed by atoms with Gasteiger partial charge < -0.3 is 20.6 Å². The zero-order chi connectivity index (χ0) is 13.7. The van der Waals surface area contributed by atoms with Crippen molar-refractivity contribution in [3.8, 4) is 0 Å². The third kappa shape index (κ3) is 3.75. The number of hydrogen-bond acceptors (Lipinski definition) is 6. The third-order valence-electron chi connectivity index (χ3n) is 2.13. The van der Waals surface area contributed by atoms with Crippen molar-refractivity contribution >= 4 is 11.9 Å². The van der Waals surface area contributed by atoms with Crippen molar-refractivity contribution in [1.82, 2.24) is 15.3 Å². The molecular formula is C10H13N3O5. The molecule has 0 spiro atoms. The van der Waals surface area contributed by atoms with Crippen LogP contribution >= 0.6 is 0 Å². The minimum atomic E-state index is -1.31. The number of aliphatic hydroxyl groups is 2. The molecule has 1 aromatic rings. The van der Waals surface area contributed by atoms with Crippen LogP contribution in [0.15, 0.2) is 12.4 Å². The summed E-state index contributed by atoms with van der Waals surface area (Å²) in [5.74, 6) is -2.02. The first-order valence-electron chi connectivity index (χ1n) is 5.07. The SMILES string of the molecule is CC(=O)NCC(O)C(O)c1cnc(C(=O)O)nc1. The lowest BCUT2D eigenvalue weighted by Crippen LogP contribution is -2.34. The average Bonchev–Trinajstić information content (AvgIpc) is 2.35. The summed E-state index contributed by atoms with van der Waals surface area (Å²) in [5.41, 5.74) is 0.165. The van der Waals surface area contributed by atoms with Crippen LogP contribution < -0.4 is 5.32 Å². The lowest BCUT2D eigenvalue weighted by Gasteiger charge is -2.17. The molecule has 0 aromatic carbocycles. The molecule has 0 aliphatic heterocycles. The van der Waals surface area contributed by atoms with Gasteiger partial charge >= 0.3 is 5.97 Å². The normalized spacial score (nSPS) is 13.7. The standard InChI is InChI=1S/C10H13N3O5/c1-5(14)11-4-7(15)8(16)6-2-12-9(10(17)18)13-3-6/h2-3,7-8,15-16H,4H2,1H3,(H,11,14)(H,17,18). The van der Waals surface area contributed by atoms with E-state index in [0.29, 0.717) is 0 Å². The summed E-state index contributed by atoms with van der Waals surface area (Å²) in [6.07, 6.45) is -0.316. The van der Waals surface area contributed by atoms with Crippen LogP contribution in [0.3, 0.4) is 0 Å². The van der Waals surface area contributed by atoms with Gasteiger partial charge in [-0.15, -0.1) is 0 Å². The first-order chi connectivity index (χ1) is 8.41. The summed E-state index contributed by atoms with van der Waals surface area (Å²) in [5, 5.41) is 30.2. The van der Waals surface area contributed by atoms with Crippen LogP contribution in [0.4, 0.5) is 0 Å². The molecule has 8 nitrogen and oxygen atoms in total. The molecule has 8 heteroatoms. The third-order valence-corrected chi connectivity index (χ3v) is 2.13. The first-order valence-corrected chi connectivity index (χ1v) is 5.07. The zero-order valence-electron chi connectivity index (χ0n) is 9.57. The Kier molecular flexibility index (Phi) is 4.69. The number of nitrogens with one attached hydrogen (secondary N) is 1. The van der Waals surface area contributed by atoms with Crippen molar-refractivity contribution < 1.29 is 24.9 Å². The van der Waals surface area contributed by atoms with Crippen molar-refractivity contribution in [1.29, 1.82) is 0 Å². The number of carboxylic acids is 1. The van der Waals surface area contributed by atoms with Crippen LogP contribution in [0.2, 0.25) is 0 Å². The maximum absolute atomic E-state index is 10.6. The number of aromatic carboxylic acids is 1. The molecule has 1 rings (SSSR count). The molecule has 98 valence electrons. The predicted molar refractivity (Wildman–Crippen MR) is 58.6 cm³/mol. The molecule has 0 radical (unpaired) electrons. The summed E-state index contributed by atoms with van der Waals surface area (Å²) >= 11 is 0. The highest BCUT2D eigenvalue weighted by atomic mass is 16.4. The van der Waals surface area contributed by atoms with Crippen LogP contribution in [0.25, 0.3) is 0 Å². The second-order valence-electron chi connectivity index (χ2n) is 3.59. The Morgan fingerprint density at radius 1 is 1.33 bits per heavy atom. The number of rotatable bonds is 5. The maximum Gasteiger partial charge on any atom is 0.373 e. The molecule has 0 bridgehead atoms. The number of nitrogens with zero attached hydrogens (tertiary/aromatic N) is 2. The molecule has 0 saturated heterocycles. The lowest BCUT2D eigenvalue weighted by atomic mass is 10.1. The molecular weight excluding hydrogens is 242 g/mol. The molecule has 1 amide bonds. The van der Waals surface area contributed by atoms with Crippen LogP contribution in [0.5, 0.6) is 0 Å². The Balaban J connectivity index is 2.68. The molecule has 4 N–H and O–H groups in total. The van der Waals surface area contributed by atoms with Crippen molar-refractivity contribution in [3.05, 3.63) is 23.8 Å². The molecule has 1 heterocycles. The number of carbonyl (C=O) groups excluding carboxylic acids is 1. The first kappa shape index (κ1) is 14.0. The topological polar surface area (TPSA) is 133 Å². The van der Waals surface area contributed by atoms with Gasteiger partial charge in [0.15, 0.2) is 0 Å². The summed E-state index contributed by atoms with van der Waals surface area (Å²) in [7, 11) is 0. The largest absolute Gasteiger partial charge is 0.475 e. The van der Waals surface area contributed by atoms with E-state index >= 15 is 0 Å². The number of aliphatic hydroxyl groups excluding tert-OH is 2. The Morgan fingerprint density at radius 2 is 1.89 bits per heavy atom. The molecule has 18 heavy (non-hydrogen) atoms. The highest BCUT2D eigenvalue weighted by Gasteiger charge is 2.20. The second kappa shape index (κ2) is 6.03. The number of hydrogen-bond donors (Lipinski definition) is 4. The summed E-state index contributed by atoms with van der Waals surface area (Å²) in [4.78, 5) is 28.2. The Labute approximate surface area is 102 Å². The van der Waals surface area contributed by atoms with Gasteiger partial charge in [0.1, 0.15) is 12.2 Å². The summed E-state index contributed by atoms with van der Waals surface area (Å²) in [6, 6.07) is 0. The molecule has 2 unspecified atom stereocenters. The monoisotopic (exact) mass is 255 g/mol. The Hall–Kier alpha value is -2.06. The molecule has 0 saturated carbocycles. The highest BCUT2D eigenvalue weighted by Crippen LogP contribution is 2.14. The quantitative estimate of drug-likeness (QED) is 0.514. The number of carbonyl (C=O) groups is 2. The van der Waals surface area contributed by atoms with E-state index in [1.165, 1.54) is 6.92 Å². The fourth-order valence-electron chi connectivity index (χ4n) is 1.18. The maximum atomic E-state index is 10.6. The van der Waals surface area contributed by atoms with E-state index in [1.807, 2.05) is 0 Å². The van der Waals surface area contributed by atoms with E-state index in [1.54, 1.807) is 0 Å².